The number of aromatic nitrogens is 4. The molecular formula is C36H32N4O5. The first-order valence-corrected chi connectivity index (χ1v) is 14.5. The van der Waals surface area contributed by atoms with Crippen molar-refractivity contribution in [2.75, 3.05) is 7.11 Å². The molecule has 0 saturated heterocycles. The number of carbonyl (C=O) groups excluding carboxylic acids is 1. The lowest BCUT2D eigenvalue weighted by Crippen LogP contribution is -2.25. The number of rotatable bonds is 8. The molecule has 0 aliphatic rings. The number of hydrogen-bond donors (Lipinski definition) is 2. The van der Waals surface area contributed by atoms with E-state index in [9.17, 15) is 14.4 Å². The molecule has 0 unspecified atom stereocenters. The van der Waals surface area contributed by atoms with Gasteiger partial charge in [0.1, 0.15) is 0 Å². The fourth-order valence-electron chi connectivity index (χ4n) is 5.67. The summed E-state index contributed by atoms with van der Waals surface area (Å²) in [5.41, 5.74) is 4.73. The minimum atomic E-state index is -0.789. The number of nitrogens with one attached hydrogen (secondary N) is 2. The molecule has 2 N–H and O–H groups in total. The number of hydrogen-bond acceptors (Lipinski definition) is 5. The van der Waals surface area contributed by atoms with Crippen LogP contribution in [0, 0.1) is 20.8 Å². The van der Waals surface area contributed by atoms with E-state index in [4.69, 9.17) is 9.47 Å². The van der Waals surface area contributed by atoms with Crippen molar-refractivity contribution in [3.05, 3.63) is 163 Å². The Morgan fingerprint density at radius 3 is 1.73 bits per heavy atom. The summed E-state index contributed by atoms with van der Waals surface area (Å²) in [4.78, 5) is 41.3. The molecule has 0 bridgehead atoms. The largest absolute Gasteiger partial charge is 0.493 e. The summed E-state index contributed by atoms with van der Waals surface area (Å²) >= 11 is 0. The highest BCUT2D eigenvalue weighted by molar-refractivity contribution is 5.91. The minimum absolute atomic E-state index is 0.214. The maximum absolute atomic E-state index is 14.1. The van der Waals surface area contributed by atoms with E-state index in [1.165, 1.54) is 16.5 Å². The molecule has 0 aliphatic carbocycles. The van der Waals surface area contributed by atoms with Gasteiger partial charge in [-0.1, -0.05) is 60.2 Å². The molecule has 0 radical (unpaired) electrons. The molecule has 0 saturated carbocycles. The van der Waals surface area contributed by atoms with E-state index < -0.39 is 11.9 Å². The van der Waals surface area contributed by atoms with E-state index in [-0.39, 0.29) is 22.6 Å². The van der Waals surface area contributed by atoms with Crippen LogP contribution in [-0.4, -0.2) is 32.6 Å². The first-order chi connectivity index (χ1) is 21.8. The number of nitrogens with zero attached hydrogens (tertiary/aromatic N) is 2. The number of esters is 1. The maximum atomic E-state index is 14.1. The minimum Gasteiger partial charge on any atom is -0.493 e. The van der Waals surface area contributed by atoms with Crippen LogP contribution in [0.3, 0.4) is 0 Å². The lowest BCUT2D eigenvalue weighted by atomic mass is 9.85. The van der Waals surface area contributed by atoms with Crippen LogP contribution in [0.25, 0.3) is 11.4 Å². The lowest BCUT2D eigenvalue weighted by molar-refractivity contribution is 0.0729. The van der Waals surface area contributed by atoms with Crippen molar-refractivity contribution in [1.29, 1.82) is 0 Å². The Labute approximate surface area is 259 Å². The van der Waals surface area contributed by atoms with Crippen molar-refractivity contribution in [1.82, 2.24) is 19.6 Å². The predicted octanol–water partition coefficient (Wildman–Crippen LogP) is 5.98. The summed E-state index contributed by atoms with van der Waals surface area (Å²) in [6, 6.07) is 30.7. The van der Waals surface area contributed by atoms with Crippen molar-refractivity contribution < 1.29 is 14.3 Å². The van der Waals surface area contributed by atoms with Gasteiger partial charge in [-0.3, -0.25) is 19.8 Å². The van der Waals surface area contributed by atoms with Crippen LogP contribution in [-0.2, 0) is 0 Å². The zero-order valence-electron chi connectivity index (χ0n) is 25.3. The van der Waals surface area contributed by atoms with E-state index in [2.05, 4.69) is 10.2 Å². The summed E-state index contributed by atoms with van der Waals surface area (Å²) < 4.78 is 14.4. The second-order valence-electron chi connectivity index (χ2n) is 10.9. The van der Waals surface area contributed by atoms with E-state index in [0.717, 1.165) is 5.56 Å². The van der Waals surface area contributed by atoms with Gasteiger partial charge in [-0.25, -0.2) is 14.2 Å². The van der Waals surface area contributed by atoms with Crippen LogP contribution in [0.1, 0.15) is 49.9 Å². The van der Waals surface area contributed by atoms with Crippen molar-refractivity contribution in [3.63, 3.8) is 0 Å². The molecule has 0 atom stereocenters. The summed E-state index contributed by atoms with van der Waals surface area (Å²) in [5, 5.41) is 6.40. The van der Waals surface area contributed by atoms with Crippen LogP contribution >= 0.6 is 0 Å². The Hall–Kier alpha value is -5.83. The van der Waals surface area contributed by atoms with Crippen LogP contribution in [0.2, 0.25) is 0 Å². The Kier molecular flexibility index (Phi) is 7.83. The molecule has 2 heterocycles. The van der Waals surface area contributed by atoms with Crippen molar-refractivity contribution in [2.45, 2.75) is 26.7 Å². The van der Waals surface area contributed by atoms with Crippen molar-refractivity contribution in [3.8, 4) is 22.9 Å². The summed E-state index contributed by atoms with van der Waals surface area (Å²) in [5.74, 6) is -0.818. The molecule has 6 rings (SSSR count). The third-order valence-corrected chi connectivity index (χ3v) is 7.82. The highest BCUT2D eigenvalue weighted by Crippen LogP contribution is 2.37. The molecule has 0 fully saturated rings. The Morgan fingerprint density at radius 1 is 0.667 bits per heavy atom. The normalized spacial score (nSPS) is 11.1. The summed E-state index contributed by atoms with van der Waals surface area (Å²) in [6.07, 6.45) is 0. The number of ether oxygens (including phenoxy) is 2. The number of methoxy groups -OCH3 is 1. The smallest absolute Gasteiger partial charge is 0.343 e. The maximum Gasteiger partial charge on any atom is 0.343 e. The average molecular weight is 601 g/mol. The van der Waals surface area contributed by atoms with Gasteiger partial charge < -0.3 is 9.47 Å². The quantitative estimate of drug-likeness (QED) is 0.165. The molecule has 0 aliphatic heterocycles. The number of aryl methyl sites for hydroxylation is 3. The van der Waals surface area contributed by atoms with Crippen molar-refractivity contribution in [2.24, 2.45) is 0 Å². The van der Waals surface area contributed by atoms with Gasteiger partial charge in [-0.15, -0.1) is 0 Å². The van der Waals surface area contributed by atoms with Crippen LogP contribution < -0.4 is 20.6 Å². The highest BCUT2D eigenvalue weighted by atomic mass is 16.6. The van der Waals surface area contributed by atoms with Crippen LogP contribution in [0.15, 0.2) is 113 Å². The second kappa shape index (κ2) is 12.0. The van der Waals surface area contributed by atoms with Gasteiger partial charge in [-0.05, 0) is 74.9 Å². The van der Waals surface area contributed by atoms with Crippen LogP contribution in [0.5, 0.6) is 11.5 Å². The van der Waals surface area contributed by atoms with E-state index in [0.29, 0.717) is 45.0 Å². The van der Waals surface area contributed by atoms with Crippen LogP contribution in [0.4, 0.5) is 0 Å². The predicted molar refractivity (Wildman–Crippen MR) is 172 cm³/mol. The standard InChI is InChI=1S/C36H32N4O5/c1-22-12-11-13-26(20-22)36(43)45-29-19-18-25(21-30(29)44-4)33(31-23(2)37-39(34(31)41)27-14-7-5-8-15-27)32-24(3)38-40(35(32)42)28-16-9-6-10-17-28/h5-21,33,37-38H,1-4H3. The fraction of sp³-hybridized carbons (Fsp3) is 0.139. The molecule has 2 aromatic heterocycles. The molecule has 9 nitrogen and oxygen atoms in total. The van der Waals surface area contributed by atoms with Gasteiger partial charge >= 0.3 is 5.97 Å². The molecular weight excluding hydrogens is 568 g/mol. The summed E-state index contributed by atoms with van der Waals surface area (Å²) in [7, 11) is 1.48. The van der Waals surface area contributed by atoms with Crippen molar-refractivity contribution >= 4 is 5.97 Å². The fourth-order valence-corrected chi connectivity index (χ4v) is 5.67. The first-order valence-electron chi connectivity index (χ1n) is 14.5. The third kappa shape index (κ3) is 5.51. The molecule has 0 spiro atoms. The third-order valence-electron chi connectivity index (χ3n) is 7.82. The van der Waals surface area contributed by atoms with Gasteiger partial charge in [0.05, 0.1) is 35.2 Å². The van der Waals surface area contributed by atoms with Gasteiger partial charge in [0.2, 0.25) is 0 Å². The van der Waals surface area contributed by atoms with Gasteiger partial charge in [-0.2, -0.15) is 0 Å². The van der Waals surface area contributed by atoms with Gasteiger partial charge in [0, 0.05) is 17.3 Å². The topological polar surface area (TPSA) is 111 Å². The number of carbonyl (C=O) groups is 1. The molecule has 4 aromatic carbocycles. The molecule has 45 heavy (non-hydrogen) atoms. The van der Waals surface area contributed by atoms with E-state index in [1.807, 2.05) is 87.5 Å². The summed E-state index contributed by atoms with van der Waals surface area (Å²) in [6.45, 7) is 5.53. The lowest BCUT2D eigenvalue weighted by Gasteiger charge is -2.18. The SMILES string of the molecule is COc1cc(C(c2c(C)[nH]n(-c3ccccc3)c2=O)c2c(C)[nH]n(-c3ccccc3)c2=O)ccc1OC(=O)c1cccc(C)c1. The molecule has 6 aromatic rings. The monoisotopic (exact) mass is 600 g/mol. The average Bonchev–Trinajstić information content (AvgIpc) is 3.52. The highest BCUT2D eigenvalue weighted by Gasteiger charge is 2.31. The Bertz CT molecular complexity index is 2020. The van der Waals surface area contributed by atoms with Gasteiger partial charge in [0.25, 0.3) is 11.1 Å². The zero-order chi connectivity index (χ0) is 31.7. The number of aromatic amines is 2. The Morgan fingerprint density at radius 2 is 1.22 bits per heavy atom. The number of H-pyrrole nitrogens is 2. The first kappa shape index (κ1) is 29.3. The van der Waals surface area contributed by atoms with Gasteiger partial charge in [0.15, 0.2) is 11.5 Å². The van der Waals surface area contributed by atoms with E-state index >= 15 is 0 Å². The molecule has 0 amide bonds. The zero-order valence-corrected chi connectivity index (χ0v) is 25.3. The molecule has 226 valence electrons. The second-order valence-corrected chi connectivity index (χ2v) is 10.9. The number of benzene rings is 4. The Balaban J connectivity index is 1.52. The van der Waals surface area contributed by atoms with E-state index in [1.54, 1.807) is 36.4 Å². The molecule has 9 heteroatoms. The number of para-hydroxylation sites is 2.